The number of hydrogen-bond donors (Lipinski definition) is 1. The lowest BCUT2D eigenvalue weighted by Gasteiger charge is -2.32. The summed E-state index contributed by atoms with van der Waals surface area (Å²) in [6.45, 7) is 6.92. The van der Waals surface area contributed by atoms with Crippen molar-refractivity contribution in [3.8, 4) is 0 Å². The standard InChI is InChI=1S/C18H28N2O3S/c1-13-5-4-8-19(11-13)12-18(21)15-6-7-17-16(10-15)9-14(2)20(17)24(3,22)23/h6-7,10,13-14,18,21H,4-5,8-9,11-12H2,1-3H3/t13-,14-,18+/m1/s1. The van der Waals surface area contributed by atoms with Crippen LogP contribution in [0.25, 0.3) is 0 Å². The molecule has 3 rings (SSSR count). The molecule has 2 aliphatic rings. The van der Waals surface area contributed by atoms with Crippen molar-refractivity contribution < 1.29 is 13.5 Å². The lowest BCUT2D eigenvalue weighted by atomic mass is 9.98. The van der Waals surface area contributed by atoms with E-state index in [9.17, 15) is 13.5 Å². The van der Waals surface area contributed by atoms with Crippen LogP contribution in [0.5, 0.6) is 0 Å². The molecule has 3 atom stereocenters. The third-order valence-corrected chi connectivity index (χ3v) is 6.44. The molecule has 1 aromatic rings. The fourth-order valence-electron chi connectivity index (χ4n) is 4.14. The highest BCUT2D eigenvalue weighted by Crippen LogP contribution is 2.36. The largest absolute Gasteiger partial charge is 0.387 e. The summed E-state index contributed by atoms with van der Waals surface area (Å²) in [6.07, 6.45) is 3.88. The Hall–Kier alpha value is -1.11. The van der Waals surface area contributed by atoms with Gasteiger partial charge in [-0.15, -0.1) is 0 Å². The first kappa shape index (κ1) is 17.7. The fraction of sp³-hybridized carbons (Fsp3) is 0.667. The second kappa shape index (κ2) is 6.65. The van der Waals surface area contributed by atoms with Crippen LogP contribution in [0.1, 0.15) is 43.9 Å². The Balaban J connectivity index is 1.76. The maximum absolute atomic E-state index is 12.0. The molecule has 0 spiro atoms. The number of β-amino-alcohol motifs (C(OH)–C–C–N with tert-alkyl or cyclic N) is 1. The third kappa shape index (κ3) is 3.60. The molecule has 0 aliphatic carbocycles. The minimum absolute atomic E-state index is 0.0645. The molecular formula is C18H28N2O3S. The number of benzene rings is 1. The molecule has 2 aliphatic heterocycles. The van der Waals surface area contributed by atoms with Gasteiger partial charge in [-0.2, -0.15) is 0 Å². The van der Waals surface area contributed by atoms with E-state index >= 15 is 0 Å². The number of anilines is 1. The zero-order chi connectivity index (χ0) is 17.5. The van der Waals surface area contributed by atoms with Crippen LogP contribution in [0.4, 0.5) is 5.69 Å². The van der Waals surface area contributed by atoms with Crippen LogP contribution in [-0.2, 0) is 16.4 Å². The van der Waals surface area contributed by atoms with Crippen molar-refractivity contribution in [2.45, 2.75) is 45.3 Å². The quantitative estimate of drug-likeness (QED) is 0.902. The van der Waals surface area contributed by atoms with Gasteiger partial charge in [0.25, 0.3) is 0 Å². The minimum atomic E-state index is -3.26. The molecule has 0 unspecified atom stereocenters. The summed E-state index contributed by atoms with van der Waals surface area (Å²) in [7, 11) is -3.26. The Bertz CT molecular complexity index is 704. The van der Waals surface area contributed by atoms with E-state index in [0.29, 0.717) is 18.9 Å². The topological polar surface area (TPSA) is 60.9 Å². The Morgan fingerprint density at radius 2 is 2.08 bits per heavy atom. The molecule has 5 nitrogen and oxygen atoms in total. The first-order valence-corrected chi connectivity index (χ1v) is 10.6. The molecule has 1 N–H and O–H groups in total. The monoisotopic (exact) mass is 352 g/mol. The Labute approximate surface area is 145 Å². The molecule has 1 fully saturated rings. The van der Waals surface area contributed by atoms with Crippen LogP contribution in [0.3, 0.4) is 0 Å². The summed E-state index contributed by atoms with van der Waals surface area (Å²) >= 11 is 0. The smallest absolute Gasteiger partial charge is 0.232 e. The number of piperidine rings is 1. The molecule has 134 valence electrons. The first-order valence-electron chi connectivity index (χ1n) is 8.78. The number of fused-ring (bicyclic) bond motifs is 1. The normalized spacial score (nSPS) is 26.4. The summed E-state index contributed by atoms with van der Waals surface area (Å²) in [5.74, 6) is 0.690. The number of aliphatic hydroxyl groups excluding tert-OH is 1. The van der Waals surface area contributed by atoms with E-state index in [1.165, 1.54) is 23.4 Å². The number of aliphatic hydroxyl groups is 1. The average Bonchev–Trinajstić information content (AvgIpc) is 2.81. The van der Waals surface area contributed by atoms with Crippen molar-refractivity contribution in [3.05, 3.63) is 29.3 Å². The summed E-state index contributed by atoms with van der Waals surface area (Å²) < 4.78 is 25.5. The van der Waals surface area contributed by atoms with Gasteiger partial charge in [-0.3, -0.25) is 4.31 Å². The summed E-state index contributed by atoms with van der Waals surface area (Å²) in [6, 6.07) is 5.63. The molecular weight excluding hydrogens is 324 g/mol. The molecule has 0 saturated carbocycles. The molecule has 0 amide bonds. The second-order valence-electron chi connectivity index (χ2n) is 7.52. The number of likely N-dealkylation sites (tertiary alicyclic amines) is 1. The van der Waals surface area contributed by atoms with Gasteiger partial charge in [-0.25, -0.2) is 8.42 Å². The van der Waals surface area contributed by atoms with E-state index in [-0.39, 0.29) is 6.04 Å². The predicted octanol–water partition coefficient (Wildman–Crippen LogP) is 2.16. The molecule has 0 bridgehead atoms. The van der Waals surface area contributed by atoms with Crippen molar-refractivity contribution in [1.29, 1.82) is 0 Å². The SMILES string of the molecule is C[C@@H]1CCCN(C[C@H](O)c2ccc3c(c2)C[C@@H](C)N3S(C)(=O)=O)C1. The maximum atomic E-state index is 12.0. The van der Waals surface area contributed by atoms with Gasteiger partial charge in [0.1, 0.15) is 0 Å². The molecule has 24 heavy (non-hydrogen) atoms. The number of sulfonamides is 1. The van der Waals surface area contributed by atoms with E-state index in [4.69, 9.17) is 0 Å². The molecule has 0 aromatic heterocycles. The predicted molar refractivity (Wildman–Crippen MR) is 96.7 cm³/mol. The molecule has 1 aromatic carbocycles. The first-order chi connectivity index (χ1) is 11.3. The Kier molecular flexibility index (Phi) is 4.91. The van der Waals surface area contributed by atoms with E-state index in [2.05, 4.69) is 11.8 Å². The Morgan fingerprint density at radius 1 is 1.33 bits per heavy atom. The highest BCUT2D eigenvalue weighted by atomic mass is 32.2. The van der Waals surface area contributed by atoms with Gasteiger partial charge < -0.3 is 10.0 Å². The molecule has 6 heteroatoms. The minimum Gasteiger partial charge on any atom is -0.387 e. The van der Waals surface area contributed by atoms with Crippen molar-refractivity contribution in [2.75, 3.05) is 30.2 Å². The summed E-state index contributed by atoms with van der Waals surface area (Å²) in [5.41, 5.74) is 2.65. The number of hydrogen-bond acceptors (Lipinski definition) is 4. The second-order valence-corrected chi connectivity index (χ2v) is 9.38. The van der Waals surface area contributed by atoms with Gasteiger partial charge in [-0.05, 0) is 55.8 Å². The molecule has 1 saturated heterocycles. The van der Waals surface area contributed by atoms with Crippen LogP contribution in [0, 0.1) is 5.92 Å². The zero-order valence-electron chi connectivity index (χ0n) is 14.8. The van der Waals surface area contributed by atoms with Gasteiger partial charge in [0.05, 0.1) is 18.0 Å². The van der Waals surface area contributed by atoms with Gasteiger partial charge in [0.15, 0.2) is 0 Å². The van der Waals surface area contributed by atoms with Crippen LogP contribution < -0.4 is 4.31 Å². The zero-order valence-corrected chi connectivity index (χ0v) is 15.6. The highest BCUT2D eigenvalue weighted by Gasteiger charge is 2.33. The van der Waals surface area contributed by atoms with Gasteiger partial charge in [0.2, 0.25) is 10.0 Å². The van der Waals surface area contributed by atoms with Crippen molar-refractivity contribution in [2.24, 2.45) is 5.92 Å². The Morgan fingerprint density at radius 3 is 2.75 bits per heavy atom. The average molecular weight is 353 g/mol. The summed E-state index contributed by atoms with van der Waals surface area (Å²) in [4.78, 5) is 2.33. The van der Waals surface area contributed by atoms with Crippen LogP contribution in [0.15, 0.2) is 18.2 Å². The van der Waals surface area contributed by atoms with E-state index in [1.54, 1.807) is 0 Å². The van der Waals surface area contributed by atoms with E-state index in [1.807, 2.05) is 25.1 Å². The van der Waals surface area contributed by atoms with Gasteiger partial charge in [0, 0.05) is 19.1 Å². The lowest BCUT2D eigenvalue weighted by Crippen LogP contribution is -2.37. The highest BCUT2D eigenvalue weighted by molar-refractivity contribution is 7.92. The molecule has 2 heterocycles. The summed E-state index contributed by atoms with van der Waals surface area (Å²) in [5, 5.41) is 10.6. The van der Waals surface area contributed by atoms with Crippen molar-refractivity contribution >= 4 is 15.7 Å². The van der Waals surface area contributed by atoms with E-state index < -0.39 is 16.1 Å². The maximum Gasteiger partial charge on any atom is 0.232 e. The van der Waals surface area contributed by atoms with Crippen molar-refractivity contribution in [1.82, 2.24) is 4.90 Å². The van der Waals surface area contributed by atoms with Crippen LogP contribution in [-0.4, -0.2) is 50.4 Å². The van der Waals surface area contributed by atoms with Gasteiger partial charge in [-0.1, -0.05) is 19.1 Å². The number of nitrogens with zero attached hydrogens (tertiary/aromatic N) is 2. The molecule has 0 radical (unpaired) electrons. The third-order valence-electron chi connectivity index (χ3n) is 5.17. The fourth-order valence-corrected chi connectivity index (χ4v) is 5.40. The van der Waals surface area contributed by atoms with Gasteiger partial charge >= 0.3 is 0 Å². The van der Waals surface area contributed by atoms with Crippen molar-refractivity contribution in [3.63, 3.8) is 0 Å². The van der Waals surface area contributed by atoms with Crippen LogP contribution in [0.2, 0.25) is 0 Å². The number of rotatable bonds is 4. The van der Waals surface area contributed by atoms with Crippen LogP contribution >= 0.6 is 0 Å². The van der Waals surface area contributed by atoms with E-state index in [0.717, 1.165) is 29.9 Å². The lowest BCUT2D eigenvalue weighted by molar-refractivity contribution is 0.0875.